The third kappa shape index (κ3) is 6.24. The number of carbonyl (C=O) groups excluding carboxylic acids is 2. The molecule has 4 nitrogen and oxygen atoms in total. The molecule has 2 amide bonds. The molecule has 7 heteroatoms. The van der Waals surface area contributed by atoms with Crippen LogP contribution in [-0.4, -0.2) is 23.3 Å². The molecular weight excluding hydrogens is 383 g/mol. The minimum atomic E-state index is -0.244. The van der Waals surface area contributed by atoms with Gasteiger partial charge in [0.25, 0.3) is 0 Å². The van der Waals surface area contributed by atoms with Crippen LogP contribution in [-0.2, 0) is 16.1 Å². The Balaban J connectivity index is 1.93. The highest BCUT2D eigenvalue weighted by molar-refractivity contribution is 6.35. The molecule has 0 aliphatic carbocycles. The zero-order chi connectivity index (χ0) is 18.4. The molecule has 2 rings (SSSR count). The number of amides is 2. The van der Waals surface area contributed by atoms with Crippen molar-refractivity contribution in [2.75, 3.05) is 11.9 Å². The second kappa shape index (κ2) is 9.09. The molecule has 0 atom stereocenters. The van der Waals surface area contributed by atoms with Crippen molar-refractivity contribution in [3.63, 3.8) is 0 Å². The van der Waals surface area contributed by atoms with E-state index in [1.54, 1.807) is 35.2 Å². The quantitative estimate of drug-likeness (QED) is 0.741. The van der Waals surface area contributed by atoms with Crippen molar-refractivity contribution in [2.24, 2.45) is 0 Å². The molecule has 25 heavy (non-hydrogen) atoms. The number of hydrogen-bond donors (Lipinski definition) is 1. The SMILES string of the molecule is CC(=O)N(CCC(=O)Nc1cc(Cl)ccc1Cl)Cc1ccc(Cl)cc1. The van der Waals surface area contributed by atoms with E-state index in [0.717, 1.165) is 5.56 Å². The molecular formula is C18H17Cl3N2O2. The van der Waals surface area contributed by atoms with Gasteiger partial charge >= 0.3 is 0 Å². The van der Waals surface area contributed by atoms with Gasteiger partial charge in [0.2, 0.25) is 11.8 Å². The summed E-state index contributed by atoms with van der Waals surface area (Å²) in [4.78, 5) is 25.5. The molecule has 0 fully saturated rings. The molecule has 0 aliphatic rings. The lowest BCUT2D eigenvalue weighted by atomic mass is 10.2. The van der Waals surface area contributed by atoms with E-state index in [4.69, 9.17) is 34.8 Å². The number of hydrogen-bond acceptors (Lipinski definition) is 2. The van der Waals surface area contributed by atoms with E-state index in [1.165, 1.54) is 6.92 Å². The predicted molar refractivity (Wildman–Crippen MR) is 102 cm³/mol. The van der Waals surface area contributed by atoms with E-state index in [-0.39, 0.29) is 18.2 Å². The van der Waals surface area contributed by atoms with Crippen LogP contribution in [0.3, 0.4) is 0 Å². The Morgan fingerprint density at radius 2 is 1.64 bits per heavy atom. The molecule has 132 valence electrons. The molecule has 2 aromatic rings. The summed E-state index contributed by atoms with van der Waals surface area (Å²) in [6.07, 6.45) is 0.149. The van der Waals surface area contributed by atoms with Gasteiger partial charge in [-0.15, -0.1) is 0 Å². The zero-order valence-corrected chi connectivity index (χ0v) is 15.8. The van der Waals surface area contributed by atoms with Gasteiger partial charge in [0, 0.05) is 36.5 Å². The monoisotopic (exact) mass is 398 g/mol. The first-order chi connectivity index (χ1) is 11.8. The topological polar surface area (TPSA) is 49.4 Å². The Morgan fingerprint density at radius 1 is 1.00 bits per heavy atom. The lowest BCUT2D eigenvalue weighted by Gasteiger charge is -2.21. The molecule has 0 radical (unpaired) electrons. The molecule has 2 aromatic carbocycles. The number of benzene rings is 2. The third-order valence-electron chi connectivity index (χ3n) is 3.54. The second-order valence-corrected chi connectivity index (χ2v) is 6.77. The van der Waals surface area contributed by atoms with Crippen molar-refractivity contribution in [1.82, 2.24) is 4.90 Å². The second-order valence-electron chi connectivity index (χ2n) is 5.49. The van der Waals surface area contributed by atoms with E-state index in [2.05, 4.69) is 5.32 Å². The number of nitrogens with one attached hydrogen (secondary N) is 1. The van der Waals surface area contributed by atoms with Crippen LogP contribution >= 0.6 is 34.8 Å². The fraction of sp³-hybridized carbons (Fsp3) is 0.222. The van der Waals surface area contributed by atoms with Gasteiger partial charge in [0.15, 0.2) is 0 Å². The lowest BCUT2D eigenvalue weighted by Crippen LogP contribution is -2.31. The van der Waals surface area contributed by atoms with E-state index < -0.39 is 0 Å². The summed E-state index contributed by atoms with van der Waals surface area (Å²) in [5, 5.41) is 4.23. The van der Waals surface area contributed by atoms with Crippen LogP contribution in [0, 0.1) is 0 Å². The Labute approximate surface area is 161 Å². The highest BCUT2D eigenvalue weighted by Gasteiger charge is 2.13. The molecule has 1 N–H and O–H groups in total. The molecule has 0 aromatic heterocycles. The first-order valence-corrected chi connectivity index (χ1v) is 8.73. The van der Waals surface area contributed by atoms with E-state index in [0.29, 0.717) is 33.8 Å². The highest BCUT2D eigenvalue weighted by Crippen LogP contribution is 2.25. The number of carbonyl (C=O) groups is 2. The third-order valence-corrected chi connectivity index (χ3v) is 4.36. The van der Waals surface area contributed by atoms with Crippen molar-refractivity contribution in [3.8, 4) is 0 Å². The Hall–Kier alpha value is -1.75. The highest BCUT2D eigenvalue weighted by atomic mass is 35.5. The largest absolute Gasteiger partial charge is 0.338 e. The van der Waals surface area contributed by atoms with Gasteiger partial charge in [-0.25, -0.2) is 0 Å². The van der Waals surface area contributed by atoms with Gasteiger partial charge in [-0.1, -0.05) is 46.9 Å². The average molecular weight is 400 g/mol. The number of anilines is 1. The van der Waals surface area contributed by atoms with Gasteiger partial charge in [-0.2, -0.15) is 0 Å². The number of nitrogens with zero attached hydrogens (tertiary/aromatic N) is 1. The summed E-state index contributed by atoms with van der Waals surface area (Å²) in [6.45, 7) is 2.18. The summed E-state index contributed by atoms with van der Waals surface area (Å²) in [5.74, 6) is -0.352. The fourth-order valence-electron chi connectivity index (χ4n) is 2.20. The maximum absolute atomic E-state index is 12.1. The van der Waals surface area contributed by atoms with Gasteiger partial charge in [-0.05, 0) is 35.9 Å². The first-order valence-electron chi connectivity index (χ1n) is 7.60. The summed E-state index contributed by atoms with van der Waals surface area (Å²) >= 11 is 17.8. The van der Waals surface area contributed by atoms with E-state index >= 15 is 0 Å². The molecule has 0 heterocycles. The van der Waals surface area contributed by atoms with Gasteiger partial charge < -0.3 is 10.2 Å². The Bertz CT molecular complexity index is 763. The number of rotatable bonds is 6. The van der Waals surface area contributed by atoms with E-state index in [9.17, 15) is 9.59 Å². The Morgan fingerprint density at radius 3 is 2.28 bits per heavy atom. The molecule has 0 spiro atoms. The Kier molecular flexibility index (Phi) is 7.12. The summed E-state index contributed by atoms with van der Waals surface area (Å²) in [5.41, 5.74) is 1.39. The van der Waals surface area contributed by atoms with Crippen molar-refractivity contribution in [2.45, 2.75) is 19.9 Å². The van der Waals surface area contributed by atoms with Crippen LogP contribution in [0.4, 0.5) is 5.69 Å². The zero-order valence-electron chi connectivity index (χ0n) is 13.6. The smallest absolute Gasteiger partial charge is 0.226 e. The maximum atomic E-state index is 12.1. The standard InChI is InChI=1S/C18H17Cl3N2O2/c1-12(24)23(11-13-2-4-14(19)5-3-13)9-8-18(25)22-17-10-15(20)6-7-16(17)21/h2-7,10H,8-9,11H2,1H3,(H,22,25). The summed E-state index contributed by atoms with van der Waals surface area (Å²) in [7, 11) is 0. The minimum Gasteiger partial charge on any atom is -0.338 e. The predicted octanol–water partition coefficient (Wildman–Crippen LogP) is 5.02. The van der Waals surface area contributed by atoms with Gasteiger partial charge in [0.05, 0.1) is 10.7 Å². The average Bonchev–Trinajstić information content (AvgIpc) is 2.56. The van der Waals surface area contributed by atoms with Crippen molar-refractivity contribution < 1.29 is 9.59 Å². The van der Waals surface area contributed by atoms with Gasteiger partial charge in [-0.3, -0.25) is 9.59 Å². The molecule has 0 saturated heterocycles. The van der Waals surface area contributed by atoms with Crippen LogP contribution < -0.4 is 5.32 Å². The fourth-order valence-corrected chi connectivity index (χ4v) is 2.66. The van der Waals surface area contributed by atoms with Crippen LogP contribution in [0.5, 0.6) is 0 Å². The normalized spacial score (nSPS) is 10.4. The van der Waals surface area contributed by atoms with Crippen molar-refractivity contribution in [1.29, 1.82) is 0 Å². The summed E-state index contributed by atoms with van der Waals surface area (Å²) in [6, 6.07) is 12.1. The summed E-state index contributed by atoms with van der Waals surface area (Å²) < 4.78 is 0. The van der Waals surface area contributed by atoms with Crippen LogP contribution in [0.2, 0.25) is 15.1 Å². The molecule has 0 unspecified atom stereocenters. The maximum Gasteiger partial charge on any atom is 0.226 e. The molecule has 0 saturated carbocycles. The lowest BCUT2D eigenvalue weighted by molar-refractivity contribution is -0.129. The molecule has 0 bridgehead atoms. The van der Waals surface area contributed by atoms with Crippen LogP contribution in [0.15, 0.2) is 42.5 Å². The van der Waals surface area contributed by atoms with Crippen molar-refractivity contribution >= 4 is 52.3 Å². The number of halogens is 3. The molecule has 0 aliphatic heterocycles. The van der Waals surface area contributed by atoms with E-state index in [1.807, 2.05) is 12.1 Å². The first kappa shape index (κ1) is 19.6. The van der Waals surface area contributed by atoms with Crippen LogP contribution in [0.25, 0.3) is 0 Å². The van der Waals surface area contributed by atoms with Gasteiger partial charge in [0.1, 0.15) is 0 Å². The van der Waals surface area contributed by atoms with Crippen molar-refractivity contribution in [3.05, 3.63) is 63.1 Å². The minimum absolute atomic E-state index is 0.108. The van der Waals surface area contributed by atoms with Crippen LogP contribution in [0.1, 0.15) is 18.9 Å².